The highest BCUT2D eigenvalue weighted by molar-refractivity contribution is 5.90. The highest BCUT2D eigenvalue weighted by Gasteiger charge is 2.48. The van der Waals surface area contributed by atoms with Gasteiger partial charge in [0.15, 0.2) is 0 Å². The van der Waals surface area contributed by atoms with Gasteiger partial charge in [-0.05, 0) is 19.1 Å². The van der Waals surface area contributed by atoms with Crippen molar-refractivity contribution in [1.29, 1.82) is 0 Å². The number of ether oxygens (including phenoxy) is 4. The van der Waals surface area contributed by atoms with Gasteiger partial charge in [0.2, 0.25) is 5.91 Å². The number of methoxy groups -OCH3 is 1. The Morgan fingerprint density at radius 1 is 1.32 bits per heavy atom. The molecule has 0 aromatic heterocycles. The smallest absolute Gasteiger partial charge is 0.338 e. The maximum absolute atomic E-state index is 13.0. The van der Waals surface area contributed by atoms with E-state index in [1.54, 1.807) is 31.1 Å². The average Bonchev–Trinajstić information content (AvgIpc) is 2.79. The van der Waals surface area contributed by atoms with E-state index in [0.717, 1.165) is 5.56 Å². The maximum Gasteiger partial charge on any atom is 0.338 e. The van der Waals surface area contributed by atoms with Crippen LogP contribution in [0.3, 0.4) is 0 Å². The minimum absolute atomic E-state index is 0.0199. The molecule has 0 spiro atoms. The van der Waals surface area contributed by atoms with Gasteiger partial charge in [-0.25, -0.2) is 4.79 Å². The first kappa shape index (κ1) is 17.7. The summed E-state index contributed by atoms with van der Waals surface area (Å²) in [5, 5.41) is 0. The van der Waals surface area contributed by atoms with Crippen molar-refractivity contribution < 1.29 is 28.5 Å². The summed E-state index contributed by atoms with van der Waals surface area (Å²) in [7, 11) is 1.59. The molecule has 0 radical (unpaired) electrons. The fourth-order valence-corrected chi connectivity index (χ4v) is 3.11. The summed E-state index contributed by atoms with van der Waals surface area (Å²) in [6, 6.07) is 5.19. The Balaban J connectivity index is 1.77. The second-order valence-electron chi connectivity index (χ2n) is 6.32. The molecule has 0 unspecified atom stereocenters. The molecule has 136 valence electrons. The predicted molar refractivity (Wildman–Crippen MR) is 88.4 cm³/mol. The third kappa shape index (κ3) is 3.48. The van der Waals surface area contributed by atoms with Gasteiger partial charge < -0.3 is 23.8 Å². The number of hydrogen-bond acceptors (Lipinski definition) is 6. The molecule has 1 aromatic rings. The molecule has 0 atom stereocenters. The third-order valence-corrected chi connectivity index (χ3v) is 4.48. The maximum atomic E-state index is 13.0. The lowest BCUT2D eigenvalue weighted by molar-refractivity contribution is -0.183. The highest BCUT2D eigenvalue weighted by Crippen LogP contribution is 2.33. The Hall–Kier alpha value is -2.12. The summed E-state index contributed by atoms with van der Waals surface area (Å²) >= 11 is 0. The van der Waals surface area contributed by atoms with E-state index in [1.807, 2.05) is 6.07 Å². The summed E-state index contributed by atoms with van der Waals surface area (Å²) in [6.07, 6.45) is 0. The van der Waals surface area contributed by atoms with Crippen molar-refractivity contribution in [3.05, 3.63) is 29.3 Å². The van der Waals surface area contributed by atoms with Crippen molar-refractivity contribution in [2.24, 2.45) is 5.41 Å². The van der Waals surface area contributed by atoms with Crippen molar-refractivity contribution in [2.75, 3.05) is 46.7 Å². The second kappa shape index (κ2) is 7.41. The number of esters is 1. The molecule has 2 aliphatic heterocycles. The molecule has 3 rings (SSSR count). The second-order valence-corrected chi connectivity index (χ2v) is 6.32. The Bertz CT molecular complexity index is 655. The van der Waals surface area contributed by atoms with E-state index in [-0.39, 0.29) is 11.9 Å². The lowest BCUT2D eigenvalue weighted by atomic mass is 9.85. The van der Waals surface area contributed by atoms with Crippen LogP contribution in [-0.2, 0) is 25.5 Å². The number of hydrogen-bond donors (Lipinski definition) is 0. The van der Waals surface area contributed by atoms with Gasteiger partial charge in [-0.2, -0.15) is 0 Å². The number of carbonyl (C=O) groups excluding carboxylic acids is 2. The van der Waals surface area contributed by atoms with E-state index in [1.165, 1.54) is 0 Å². The summed E-state index contributed by atoms with van der Waals surface area (Å²) in [6.45, 7) is 4.48. The zero-order valence-corrected chi connectivity index (χ0v) is 14.6. The van der Waals surface area contributed by atoms with Crippen LogP contribution >= 0.6 is 0 Å². The molecule has 0 bridgehead atoms. The van der Waals surface area contributed by atoms with Crippen molar-refractivity contribution in [3.8, 4) is 5.75 Å². The van der Waals surface area contributed by atoms with Crippen LogP contribution in [0.15, 0.2) is 18.2 Å². The molecule has 0 N–H and O–H groups in total. The lowest BCUT2D eigenvalue weighted by Gasteiger charge is -2.42. The van der Waals surface area contributed by atoms with Gasteiger partial charge in [-0.15, -0.1) is 0 Å². The van der Waals surface area contributed by atoms with Crippen LogP contribution in [0, 0.1) is 5.41 Å². The van der Waals surface area contributed by atoms with Crippen LogP contribution in [0.1, 0.15) is 22.8 Å². The first-order valence-corrected chi connectivity index (χ1v) is 8.38. The predicted octanol–water partition coefficient (Wildman–Crippen LogP) is 1.25. The minimum atomic E-state index is -0.593. The largest absolute Gasteiger partial charge is 0.491 e. The fourth-order valence-electron chi connectivity index (χ4n) is 3.11. The molecule has 7 nitrogen and oxygen atoms in total. The van der Waals surface area contributed by atoms with Gasteiger partial charge in [0, 0.05) is 19.2 Å². The van der Waals surface area contributed by atoms with Gasteiger partial charge >= 0.3 is 5.97 Å². The average molecular weight is 349 g/mol. The van der Waals surface area contributed by atoms with Crippen molar-refractivity contribution in [3.63, 3.8) is 0 Å². The lowest BCUT2D eigenvalue weighted by Crippen LogP contribution is -2.57. The fraction of sp³-hybridized carbons (Fsp3) is 0.556. The Labute approximate surface area is 146 Å². The molecule has 7 heteroatoms. The number of rotatable bonds is 5. The van der Waals surface area contributed by atoms with Crippen LogP contribution in [-0.4, -0.2) is 63.5 Å². The SMILES string of the molecule is CCOC(=O)c1ccc2c(c1)OCCN(C(=O)C1(COC)COC1)C2. The molecule has 0 saturated carbocycles. The Morgan fingerprint density at radius 3 is 2.76 bits per heavy atom. The van der Waals surface area contributed by atoms with Crippen LogP contribution in [0.25, 0.3) is 0 Å². The van der Waals surface area contributed by atoms with Crippen molar-refractivity contribution in [2.45, 2.75) is 13.5 Å². The van der Waals surface area contributed by atoms with E-state index in [4.69, 9.17) is 18.9 Å². The zero-order chi connectivity index (χ0) is 17.9. The monoisotopic (exact) mass is 349 g/mol. The van der Waals surface area contributed by atoms with Gasteiger partial charge in [-0.1, -0.05) is 6.07 Å². The number of fused-ring (bicyclic) bond motifs is 1. The number of nitrogens with zero attached hydrogens (tertiary/aromatic N) is 1. The van der Waals surface area contributed by atoms with Gasteiger partial charge in [0.1, 0.15) is 17.8 Å². The molecule has 0 aliphatic carbocycles. The molecular formula is C18H23NO6. The third-order valence-electron chi connectivity index (χ3n) is 4.48. The molecule has 2 heterocycles. The summed E-state index contributed by atoms with van der Waals surface area (Å²) < 4.78 is 21.2. The standard InChI is InChI=1S/C18H23NO6/c1-3-24-16(20)13-4-5-14-9-19(6-7-25-15(14)8-13)17(21)18(10-22-2)11-23-12-18/h4-5,8H,3,6-7,9-12H2,1-2H3. The number of amides is 1. The van der Waals surface area contributed by atoms with Crippen LogP contribution < -0.4 is 4.74 Å². The summed E-state index contributed by atoms with van der Waals surface area (Å²) in [5.41, 5.74) is 0.722. The van der Waals surface area contributed by atoms with E-state index in [0.29, 0.717) is 57.4 Å². The highest BCUT2D eigenvalue weighted by atomic mass is 16.5. The van der Waals surface area contributed by atoms with Crippen molar-refractivity contribution >= 4 is 11.9 Å². The van der Waals surface area contributed by atoms with Crippen LogP contribution in [0.2, 0.25) is 0 Å². The zero-order valence-electron chi connectivity index (χ0n) is 14.6. The van der Waals surface area contributed by atoms with Crippen molar-refractivity contribution in [1.82, 2.24) is 4.90 Å². The number of benzene rings is 1. The Kier molecular flexibility index (Phi) is 5.24. The van der Waals surface area contributed by atoms with Gasteiger partial charge in [0.05, 0.1) is 38.5 Å². The first-order chi connectivity index (χ1) is 12.1. The van der Waals surface area contributed by atoms with E-state index < -0.39 is 5.41 Å². The normalized spacial score (nSPS) is 18.4. The van der Waals surface area contributed by atoms with E-state index in [9.17, 15) is 9.59 Å². The van der Waals surface area contributed by atoms with E-state index >= 15 is 0 Å². The molecular weight excluding hydrogens is 326 g/mol. The minimum Gasteiger partial charge on any atom is -0.491 e. The molecule has 2 aliphatic rings. The molecule has 25 heavy (non-hydrogen) atoms. The van der Waals surface area contributed by atoms with Crippen LogP contribution in [0.4, 0.5) is 0 Å². The van der Waals surface area contributed by atoms with Gasteiger partial charge in [0.25, 0.3) is 0 Å². The summed E-state index contributed by atoms with van der Waals surface area (Å²) in [4.78, 5) is 26.6. The molecule has 1 saturated heterocycles. The van der Waals surface area contributed by atoms with Crippen LogP contribution in [0.5, 0.6) is 5.75 Å². The molecule has 1 aromatic carbocycles. The molecule has 1 amide bonds. The topological polar surface area (TPSA) is 74.3 Å². The molecule has 1 fully saturated rings. The number of carbonyl (C=O) groups is 2. The van der Waals surface area contributed by atoms with Gasteiger partial charge in [-0.3, -0.25) is 4.79 Å². The summed E-state index contributed by atoms with van der Waals surface area (Å²) in [5.74, 6) is 0.259. The Morgan fingerprint density at radius 2 is 2.12 bits per heavy atom. The first-order valence-electron chi connectivity index (χ1n) is 8.38. The quantitative estimate of drug-likeness (QED) is 0.745. The van der Waals surface area contributed by atoms with E-state index in [2.05, 4.69) is 0 Å².